The van der Waals surface area contributed by atoms with Gasteiger partial charge in [0.15, 0.2) is 0 Å². The summed E-state index contributed by atoms with van der Waals surface area (Å²) in [7, 11) is 1.55. The number of ether oxygens (including phenoxy) is 1. The first kappa shape index (κ1) is 11.9. The maximum atomic E-state index is 13.3. The van der Waals surface area contributed by atoms with Crippen molar-refractivity contribution < 1.29 is 13.6 Å². The second-order valence-electron chi connectivity index (χ2n) is 6.37. The SMILES string of the molecule is [2H]C([2H])([2H])N1C(=O)c2cccc(OC)c2[C@H]2C[C@@H]1c1nn3ccc(Cl)cc3c12. The number of aromatic nitrogens is 2. The van der Waals surface area contributed by atoms with Gasteiger partial charge in [-0.2, -0.15) is 5.10 Å². The second kappa shape index (κ2) is 4.99. The van der Waals surface area contributed by atoms with Crippen LogP contribution >= 0.6 is 11.6 Å². The summed E-state index contributed by atoms with van der Waals surface area (Å²) in [5.41, 5.74) is 3.38. The highest BCUT2D eigenvalue weighted by atomic mass is 35.5. The molecule has 2 aliphatic rings. The van der Waals surface area contributed by atoms with E-state index in [9.17, 15) is 4.79 Å². The van der Waals surface area contributed by atoms with E-state index in [-0.39, 0.29) is 5.92 Å². The lowest BCUT2D eigenvalue weighted by molar-refractivity contribution is 0.0734. The minimum atomic E-state index is -2.59. The van der Waals surface area contributed by atoms with Crippen molar-refractivity contribution in [2.45, 2.75) is 18.4 Å². The molecule has 0 fully saturated rings. The van der Waals surface area contributed by atoms with Gasteiger partial charge < -0.3 is 9.64 Å². The largest absolute Gasteiger partial charge is 0.496 e. The number of fused-ring (bicyclic) bond motifs is 9. The molecule has 25 heavy (non-hydrogen) atoms. The number of carbonyl (C=O) groups excluding carboxylic acids is 1. The Hall–Kier alpha value is -2.53. The fourth-order valence-corrected chi connectivity index (χ4v) is 4.30. The molecule has 5 rings (SSSR count). The van der Waals surface area contributed by atoms with Gasteiger partial charge in [-0.15, -0.1) is 0 Å². The molecule has 5 nitrogen and oxygen atoms in total. The van der Waals surface area contributed by atoms with Gasteiger partial charge in [0.1, 0.15) is 5.75 Å². The van der Waals surface area contributed by atoms with Crippen molar-refractivity contribution in [1.82, 2.24) is 14.5 Å². The van der Waals surface area contributed by atoms with Crippen LogP contribution in [0.4, 0.5) is 0 Å². The first-order valence-electron chi connectivity index (χ1n) is 9.49. The Morgan fingerprint density at radius 3 is 3.04 bits per heavy atom. The molecule has 1 aliphatic carbocycles. The van der Waals surface area contributed by atoms with E-state index in [4.69, 9.17) is 20.5 Å². The maximum Gasteiger partial charge on any atom is 0.254 e. The number of hydrogen-bond acceptors (Lipinski definition) is 3. The lowest BCUT2D eigenvalue weighted by atomic mass is 9.89. The highest BCUT2D eigenvalue weighted by Crippen LogP contribution is 2.53. The molecule has 2 aromatic heterocycles. The molecule has 126 valence electrons. The normalized spacial score (nSPS) is 23.5. The third-order valence-electron chi connectivity index (χ3n) is 5.18. The predicted octanol–water partition coefficient (Wildman–Crippen LogP) is 3.66. The van der Waals surface area contributed by atoms with E-state index in [2.05, 4.69) is 5.10 Å². The van der Waals surface area contributed by atoms with Crippen LogP contribution in [0, 0.1) is 0 Å². The average molecular weight is 357 g/mol. The molecule has 0 saturated carbocycles. The number of methoxy groups -OCH3 is 1. The molecule has 2 atom stereocenters. The summed E-state index contributed by atoms with van der Waals surface area (Å²) in [6, 6.07) is 8.07. The van der Waals surface area contributed by atoms with Crippen LogP contribution in [0.2, 0.25) is 5.02 Å². The third-order valence-corrected chi connectivity index (χ3v) is 5.42. The average Bonchev–Trinajstić information content (AvgIpc) is 3.13. The van der Waals surface area contributed by atoms with Gasteiger partial charge in [-0.3, -0.25) is 4.79 Å². The van der Waals surface area contributed by atoms with Crippen LogP contribution in [0.5, 0.6) is 5.75 Å². The van der Waals surface area contributed by atoms with Crippen LogP contribution < -0.4 is 4.74 Å². The van der Waals surface area contributed by atoms with Crippen molar-refractivity contribution in [1.29, 1.82) is 0 Å². The summed E-state index contributed by atoms with van der Waals surface area (Å²) in [4.78, 5) is 14.3. The summed E-state index contributed by atoms with van der Waals surface area (Å²) < 4.78 is 31.3. The van der Waals surface area contributed by atoms with Gasteiger partial charge in [0, 0.05) is 44.9 Å². The summed E-state index contributed by atoms with van der Waals surface area (Å²) in [6.07, 6.45) is 2.19. The lowest BCUT2D eigenvalue weighted by Crippen LogP contribution is -2.30. The van der Waals surface area contributed by atoms with Gasteiger partial charge in [0.05, 0.1) is 24.4 Å². The zero-order valence-electron chi connectivity index (χ0n) is 16.4. The van der Waals surface area contributed by atoms with Gasteiger partial charge in [-0.25, -0.2) is 4.52 Å². The molecule has 0 saturated heterocycles. The fraction of sp³-hybridized carbons (Fsp3) is 0.263. The predicted molar refractivity (Wildman–Crippen MR) is 94.5 cm³/mol. The summed E-state index contributed by atoms with van der Waals surface area (Å²) in [6.45, 7) is -2.59. The molecule has 3 aromatic rings. The first-order chi connectivity index (χ1) is 13.3. The Morgan fingerprint density at radius 1 is 1.36 bits per heavy atom. The van der Waals surface area contributed by atoms with Crippen molar-refractivity contribution in [3.8, 4) is 5.75 Å². The minimum Gasteiger partial charge on any atom is -0.496 e. The molecule has 3 heterocycles. The molecule has 0 unspecified atom stereocenters. The third kappa shape index (κ3) is 1.84. The van der Waals surface area contributed by atoms with E-state index in [1.807, 2.05) is 6.07 Å². The monoisotopic (exact) mass is 356 g/mol. The topological polar surface area (TPSA) is 46.8 Å². The zero-order valence-corrected chi connectivity index (χ0v) is 14.1. The number of benzene rings is 1. The molecule has 1 aromatic carbocycles. The maximum absolute atomic E-state index is 13.3. The molecule has 1 amide bonds. The quantitative estimate of drug-likeness (QED) is 0.668. The van der Waals surface area contributed by atoms with Gasteiger partial charge in [-0.05, 0) is 30.7 Å². The Bertz CT molecular complexity index is 1140. The van der Waals surface area contributed by atoms with Crippen molar-refractivity contribution in [2.24, 2.45) is 0 Å². The number of rotatable bonds is 1. The number of amides is 1. The molecule has 0 radical (unpaired) electrons. The number of pyridine rings is 1. The van der Waals surface area contributed by atoms with Crippen LogP contribution in [0.15, 0.2) is 36.5 Å². The van der Waals surface area contributed by atoms with Crippen LogP contribution in [0.25, 0.3) is 5.52 Å². The van der Waals surface area contributed by atoms with Crippen LogP contribution in [0.1, 0.15) is 49.7 Å². The zero-order chi connectivity index (χ0) is 19.8. The Balaban J connectivity index is 1.88. The standard InChI is InChI=1S/C19H16ClN3O2/c1-22-14-9-12(16-11(19(22)24)4-3-5-15(16)25-2)17-13-8-10(20)6-7-23(13)21-18(14)17/h3-8,12,14H,9H2,1-2H3/t12-,14-/m1/s1/i1D3. The Kier molecular flexibility index (Phi) is 2.38. The number of hydrogen-bond donors (Lipinski definition) is 0. The summed E-state index contributed by atoms with van der Waals surface area (Å²) in [5, 5.41) is 5.19. The minimum absolute atomic E-state index is 0.210. The van der Waals surface area contributed by atoms with Crippen molar-refractivity contribution in [3.63, 3.8) is 0 Å². The van der Waals surface area contributed by atoms with E-state index in [0.29, 0.717) is 34.0 Å². The van der Waals surface area contributed by atoms with Gasteiger partial charge in [0.25, 0.3) is 5.91 Å². The van der Waals surface area contributed by atoms with Crippen molar-refractivity contribution >= 4 is 23.0 Å². The van der Waals surface area contributed by atoms with E-state index in [1.54, 1.807) is 42.1 Å². The smallest absolute Gasteiger partial charge is 0.254 e. The van der Waals surface area contributed by atoms with Crippen LogP contribution in [-0.4, -0.2) is 34.5 Å². The van der Waals surface area contributed by atoms with Crippen LogP contribution in [0.3, 0.4) is 0 Å². The molecular weight excluding hydrogens is 338 g/mol. The lowest BCUT2D eigenvalue weighted by Gasteiger charge is -2.23. The molecule has 0 spiro atoms. The first-order valence-corrected chi connectivity index (χ1v) is 8.37. The summed E-state index contributed by atoms with van der Waals surface area (Å²) >= 11 is 6.22. The Labute approximate surface area is 154 Å². The Morgan fingerprint density at radius 2 is 2.24 bits per heavy atom. The second-order valence-corrected chi connectivity index (χ2v) is 6.81. The van der Waals surface area contributed by atoms with E-state index >= 15 is 0 Å². The van der Waals surface area contributed by atoms with Gasteiger partial charge in [-0.1, -0.05) is 17.7 Å². The molecule has 2 bridgehead atoms. The van der Waals surface area contributed by atoms with Crippen molar-refractivity contribution in [3.05, 3.63) is 63.9 Å². The number of halogens is 1. The summed E-state index contributed by atoms with van der Waals surface area (Å²) in [5.74, 6) is -0.170. The van der Waals surface area contributed by atoms with Gasteiger partial charge >= 0.3 is 0 Å². The molecule has 6 heteroatoms. The number of nitrogens with zero attached hydrogens (tertiary/aromatic N) is 3. The van der Waals surface area contributed by atoms with Crippen LogP contribution in [-0.2, 0) is 0 Å². The van der Waals surface area contributed by atoms with E-state index < -0.39 is 18.9 Å². The molecule has 1 aliphatic heterocycles. The number of carbonyl (C=O) groups is 1. The van der Waals surface area contributed by atoms with E-state index in [1.165, 1.54) is 0 Å². The molecule has 0 N–H and O–H groups in total. The van der Waals surface area contributed by atoms with Gasteiger partial charge in [0.2, 0.25) is 0 Å². The highest BCUT2D eigenvalue weighted by Gasteiger charge is 2.45. The van der Waals surface area contributed by atoms with Crippen molar-refractivity contribution in [2.75, 3.05) is 14.1 Å². The van der Waals surface area contributed by atoms with E-state index in [0.717, 1.165) is 16.0 Å². The fourth-order valence-electron chi connectivity index (χ4n) is 4.14. The highest BCUT2D eigenvalue weighted by molar-refractivity contribution is 6.30. The molecular formula is C19H16ClN3O2.